The van der Waals surface area contributed by atoms with Crippen molar-refractivity contribution in [2.45, 2.75) is 71.8 Å². The number of ether oxygens (including phenoxy) is 1. The lowest BCUT2D eigenvalue weighted by Gasteiger charge is -2.31. The summed E-state index contributed by atoms with van der Waals surface area (Å²) in [5, 5.41) is 3.28. The number of nitrogens with one attached hydrogen (secondary N) is 1. The smallest absolute Gasteiger partial charge is 0.409 e. The van der Waals surface area contributed by atoms with Crippen LogP contribution in [0.5, 0.6) is 0 Å². The quantitative estimate of drug-likeness (QED) is 0.384. The molecule has 0 aromatic heterocycles. The van der Waals surface area contributed by atoms with Crippen molar-refractivity contribution in [2.24, 2.45) is 16.6 Å². The Morgan fingerprint density at radius 3 is 2.54 bits per heavy atom. The second kappa shape index (κ2) is 12.0. The minimum absolute atomic E-state index is 0.213. The molecule has 0 atom stereocenters. The first-order chi connectivity index (χ1) is 11.5. The first-order valence-corrected chi connectivity index (χ1v) is 9.51. The van der Waals surface area contributed by atoms with Crippen molar-refractivity contribution in [3.05, 3.63) is 0 Å². The van der Waals surface area contributed by atoms with E-state index in [1.807, 2.05) is 6.92 Å². The zero-order chi connectivity index (χ0) is 17.8. The number of nitrogens with zero attached hydrogens (tertiary/aromatic N) is 2. The molecule has 3 N–H and O–H groups in total. The molecule has 0 aromatic carbocycles. The molecule has 0 bridgehead atoms. The van der Waals surface area contributed by atoms with Crippen LogP contribution in [0.4, 0.5) is 4.79 Å². The first-order valence-electron chi connectivity index (χ1n) is 9.51. The van der Waals surface area contributed by atoms with Gasteiger partial charge in [0, 0.05) is 25.7 Å². The third kappa shape index (κ3) is 8.99. The van der Waals surface area contributed by atoms with Crippen LogP contribution >= 0.6 is 0 Å². The van der Waals surface area contributed by atoms with Gasteiger partial charge in [-0.05, 0) is 32.1 Å². The van der Waals surface area contributed by atoms with Gasteiger partial charge in [-0.1, -0.05) is 39.5 Å². The van der Waals surface area contributed by atoms with E-state index in [-0.39, 0.29) is 6.09 Å². The Bertz CT molecular complexity index is 377. The lowest BCUT2D eigenvalue weighted by Crippen LogP contribution is -2.48. The van der Waals surface area contributed by atoms with Gasteiger partial charge in [-0.25, -0.2) is 4.79 Å². The van der Waals surface area contributed by atoms with Crippen LogP contribution in [0.2, 0.25) is 0 Å². The predicted molar refractivity (Wildman–Crippen MR) is 99.2 cm³/mol. The van der Waals surface area contributed by atoms with E-state index < -0.39 is 0 Å². The summed E-state index contributed by atoms with van der Waals surface area (Å²) >= 11 is 0. The number of unbranched alkanes of at least 4 members (excludes halogenated alkanes) is 3. The Hall–Kier alpha value is -1.46. The van der Waals surface area contributed by atoms with Crippen LogP contribution in [-0.2, 0) is 4.74 Å². The Kier molecular flexibility index (Phi) is 10.3. The summed E-state index contributed by atoms with van der Waals surface area (Å²) in [5.74, 6) is 1.34. The van der Waals surface area contributed by atoms with Gasteiger partial charge in [-0.2, -0.15) is 0 Å². The lowest BCUT2D eigenvalue weighted by molar-refractivity contribution is 0.0963. The van der Waals surface area contributed by atoms with E-state index in [0.29, 0.717) is 31.7 Å². The van der Waals surface area contributed by atoms with Crippen molar-refractivity contribution in [3.63, 3.8) is 0 Å². The van der Waals surface area contributed by atoms with Gasteiger partial charge in [-0.15, -0.1) is 0 Å². The highest BCUT2D eigenvalue weighted by atomic mass is 16.6. The van der Waals surface area contributed by atoms with Crippen LogP contribution in [0, 0.1) is 5.92 Å². The number of nitrogens with two attached hydrogens (primary N) is 1. The topological polar surface area (TPSA) is 80.0 Å². The lowest BCUT2D eigenvalue weighted by atomic mass is 10.0. The minimum Gasteiger partial charge on any atom is -0.450 e. The molecule has 0 saturated carbocycles. The molecule has 1 heterocycles. The van der Waals surface area contributed by atoms with Gasteiger partial charge in [-0.3, -0.25) is 4.99 Å². The molecule has 1 aliphatic rings. The monoisotopic (exact) mass is 340 g/mol. The highest BCUT2D eigenvalue weighted by molar-refractivity contribution is 5.78. The van der Waals surface area contributed by atoms with Crippen LogP contribution in [0.3, 0.4) is 0 Å². The second-order valence-electron chi connectivity index (χ2n) is 6.97. The van der Waals surface area contributed by atoms with Crippen LogP contribution in [0.15, 0.2) is 4.99 Å². The van der Waals surface area contributed by atoms with E-state index >= 15 is 0 Å². The Balaban J connectivity index is 2.10. The molecule has 0 radical (unpaired) electrons. The standard InChI is InChI=1S/C18H36N4O2/c1-4-24-18(23)22-13-10-16(11-14-22)21-17(19)20-12-8-6-5-7-9-15(2)3/h15-16H,4-14H2,1-3H3,(H3,19,20,21). The maximum absolute atomic E-state index is 11.6. The Morgan fingerprint density at radius 1 is 1.25 bits per heavy atom. The van der Waals surface area contributed by atoms with Crippen LogP contribution in [0.25, 0.3) is 0 Å². The molecular weight excluding hydrogens is 304 g/mol. The molecule has 1 amide bonds. The molecule has 0 unspecified atom stereocenters. The molecule has 140 valence electrons. The normalized spacial score (nSPS) is 16.5. The summed E-state index contributed by atoms with van der Waals surface area (Å²) in [5.41, 5.74) is 5.96. The molecule has 1 aliphatic heterocycles. The summed E-state index contributed by atoms with van der Waals surface area (Å²) in [7, 11) is 0. The fraction of sp³-hybridized carbons (Fsp3) is 0.889. The van der Waals surface area contributed by atoms with E-state index in [9.17, 15) is 4.79 Å². The zero-order valence-electron chi connectivity index (χ0n) is 15.7. The van der Waals surface area contributed by atoms with Gasteiger partial charge in [0.05, 0.1) is 6.61 Å². The number of carbonyl (C=O) groups excluding carboxylic acids is 1. The number of amides is 1. The van der Waals surface area contributed by atoms with Crippen molar-refractivity contribution < 1.29 is 9.53 Å². The summed E-state index contributed by atoms with van der Waals surface area (Å²) in [6.07, 6.45) is 7.78. The summed E-state index contributed by atoms with van der Waals surface area (Å²) < 4.78 is 5.02. The number of rotatable bonds is 9. The average molecular weight is 341 g/mol. The Morgan fingerprint density at radius 2 is 1.92 bits per heavy atom. The fourth-order valence-electron chi connectivity index (χ4n) is 2.89. The van der Waals surface area contributed by atoms with Gasteiger partial charge in [0.15, 0.2) is 5.96 Å². The van der Waals surface area contributed by atoms with E-state index in [2.05, 4.69) is 24.2 Å². The fourth-order valence-corrected chi connectivity index (χ4v) is 2.89. The summed E-state index contributed by atoms with van der Waals surface area (Å²) in [6, 6.07) is 0.297. The van der Waals surface area contributed by atoms with Gasteiger partial charge >= 0.3 is 6.09 Å². The number of guanidine groups is 1. The van der Waals surface area contributed by atoms with Gasteiger partial charge in [0.1, 0.15) is 0 Å². The predicted octanol–water partition coefficient (Wildman–Crippen LogP) is 3.12. The van der Waals surface area contributed by atoms with E-state index in [1.165, 1.54) is 25.7 Å². The highest BCUT2D eigenvalue weighted by Crippen LogP contribution is 2.11. The van der Waals surface area contributed by atoms with Gasteiger partial charge in [0.25, 0.3) is 0 Å². The van der Waals surface area contributed by atoms with Gasteiger partial charge < -0.3 is 20.7 Å². The third-order valence-corrected chi connectivity index (χ3v) is 4.34. The van der Waals surface area contributed by atoms with Crippen molar-refractivity contribution in [2.75, 3.05) is 26.2 Å². The van der Waals surface area contributed by atoms with Crippen molar-refractivity contribution >= 4 is 12.1 Å². The zero-order valence-corrected chi connectivity index (χ0v) is 15.7. The maximum Gasteiger partial charge on any atom is 0.409 e. The summed E-state index contributed by atoms with van der Waals surface area (Å²) in [4.78, 5) is 17.8. The van der Waals surface area contributed by atoms with Crippen LogP contribution in [-0.4, -0.2) is 49.2 Å². The first kappa shape index (κ1) is 20.6. The number of carbonyl (C=O) groups is 1. The van der Waals surface area contributed by atoms with Crippen LogP contribution in [0.1, 0.15) is 65.7 Å². The third-order valence-electron chi connectivity index (χ3n) is 4.34. The molecule has 0 aliphatic carbocycles. The number of hydrogen-bond donors (Lipinski definition) is 2. The molecular formula is C18H36N4O2. The van der Waals surface area contributed by atoms with Crippen LogP contribution < -0.4 is 11.1 Å². The molecule has 1 saturated heterocycles. The molecule has 6 nitrogen and oxygen atoms in total. The van der Waals surface area contributed by atoms with E-state index in [4.69, 9.17) is 10.5 Å². The van der Waals surface area contributed by atoms with E-state index in [1.54, 1.807) is 4.90 Å². The van der Waals surface area contributed by atoms with Crippen molar-refractivity contribution in [3.8, 4) is 0 Å². The van der Waals surface area contributed by atoms with Crippen molar-refractivity contribution in [1.82, 2.24) is 10.2 Å². The second-order valence-corrected chi connectivity index (χ2v) is 6.97. The largest absolute Gasteiger partial charge is 0.450 e. The Labute approximate surface area is 147 Å². The molecule has 1 fully saturated rings. The molecule has 6 heteroatoms. The van der Waals surface area contributed by atoms with Crippen molar-refractivity contribution in [1.29, 1.82) is 0 Å². The van der Waals surface area contributed by atoms with Gasteiger partial charge in [0.2, 0.25) is 0 Å². The summed E-state index contributed by atoms with van der Waals surface area (Å²) in [6.45, 7) is 9.00. The molecule has 0 aromatic rings. The molecule has 1 rings (SSSR count). The number of likely N-dealkylation sites (tertiary alicyclic amines) is 1. The number of aliphatic imine (C=N–C) groups is 1. The number of hydrogen-bond acceptors (Lipinski definition) is 3. The minimum atomic E-state index is -0.213. The average Bonchev–Trinajstić information content (AvgIpc) is 2.54. The highest BCUT2D eigenvalue weighted by Gasteiger charge is 2.23. The molecule has 24 heavy (non-hydrogen) atoms. The molecule has 0 spiro atoms. The SMILES string of the molecule is CCOC(=O)N1CCC(NC(N)=NCCCCCCC(C)C)CC1. The van der Waals surface area contributed by atoms with E-state index in [0.717, 1.165) is 31.7 Å². The number of piperidine rings is 1. The maximum atomic E-state index is 11.6.